The number of piperazine rings is 1. The van der Waals surface area contributed by atoms with E-state index in [1.54, 1.807) is 31.3 Å². The summed E-state index contributed by atoms with van der Waals surface area (Å²) in [6.07, 6.45) is 1.49. The first-order valence-electron chi connectivity index (χ1n) is 12.6. The third kappa shape index (κ3) is 4.88. The number of anilines is 1. The lowest BCUT2D eigenvalue weighted by atomic mass is 9.87. The van der Waals surface area contributed by atoms with Crippen LogP contribution in [0.5, 0.6) is 11.5 Å². The van der Waals surface area contributed by atoms with Gasteiger partial charge in [-0.25, -0.2) is 0 Å². The average Bonchev–Trinajstić information content (AvgIpc) is 3.63. The molecule has 1 aromatic heterocycles. The molecule has 8 heteroatoms. The summed E-state index contributed by atoms with van der Waals surface area (Å²) in [6, 6.07) is 17.3. The maximum absolute atomic E-state index is 14.0. The molecule has 2 aliphatic rings. The number of rotatable bonds is 6. The third-order valence-corrected chi connectivity index (χ3v) is 7.54. The molecule has 2 aliphatic heterocycles. The molecule has 0 unspecified atom stereocenters. The van der Waals surface area contributed by atoms with Crippen LogP contribution in [0, 0.1) is 12.8 Å². The van der Waals surface area contributed by atoms with Crippen molar-refractivity contribution >= 4 is 17.5 Å². The largest absolute Gasteiger partial charge is 0.497 e. The fourth-order valence-electron chi connectivity index (χ4n) is 5.54. The fourth-order valence-corrected chi connectivity index (χ4v) is 5.54. The van der Waals surface area contributed by atoms with E-state index in [2.05, 4.69) is 30.0 Å². The van der Waals surface area contributed by atoms with E-state index >= 15 is 0 Å². The minimum atomic E-state index is -0.398. The van der Waals surface area contributed by atoms with Crippen molar-refractivity contribution in [2.24, 2.45) is 5.92 Å². The van der Waals surface area contributed by atoms with Crippen LogP contribution in [0.2, 0.25) is 0 Å². The molecule has 2 amide bonds. The van der Waals surface area contributed by atoms with E-state index in [0.29, 0.717) is 37.7 Å². The second-order valence-corrected chi connectivity index (χ2v) is 9.61. The van der Waals surface area contributed by atoms with E-state index in [4.69, 9.17) is 13.9 Å². The van der Waals surface area contributed by atoms with Crippen LogP contribution >= 0.6 is 0 Å². The van der Waals surface area contributed by atoms with E-state index in [9.17, 15) is 9.59 Å². The molecular formula is C29H33N3O5. The van der Waals surface area contributed by atoms with E-state index < -0.39 is 5.92 Å². The van der Waals surface area contributed by atoms with E-state index in [1.165, 1.54) is 17.5 Å². The summed E-state index contributed by atoms with van der Waals surface area (Å²) >= 11 is 0. The quantitative estimate of drug-likeness (QED) is 0.509. The Hall–Kier alpha value is -3.94. The maximum atomic E-state index is 14.0. The van der Waals surface area contributed by atoms with Crippen molar-refractivity contribution < 1.29 is 23.5 Å². The first-order valence-corrected chi connectivity index (χ1v) is 12.6. The molecule has 2 aromatic carbocycles. The number of nitrogens with zero attached hydrogens (tertiary/aromatic N) is 3. The average molecular weight is 504 g/mol. The number of benzene rings is 2. The Kier molecular flexibility index (Phi) is 7.08. The Bertz CT molecular complexity index is 1250. The lowest BCUT2D eigenvalue weighted by molar-refractivity contribution is -0.135. The van der Waals surface area contributed by atoms with Crippen LogP contribution in [0.4, 0.5) is 5.69 Å². The zero-order valence-corrected chi connectivity index (χ0v) is 21.6. The molecule has 3 heterocycles. The monoisotopic (exact) mass is 503 g/mol. The molecule has 0 saturated carbocycles. The molecule has 0 bridgehead atoms. The summed E-state index contributed by atoms with van der Waals surface area (Å²) in [6.45, 7) is 5.64. The van der Waals surface area contributed by atoms with Gasteiger partial charge in [0.05, 0.1) is 26.4 Å². The number of methoxy groups -OCH3 is 2. The predicted molar refractivity (Wildman–Crippen MR) is 140 cm³/mol. The number of aryl methyl sites for hydroxylation is 1. The van der Waals surface area contributed by atoms with Gasteiger partial charge in [0, 0.05) is 56.4 Å². The highest BCUT2D eigenvalue weighted by atomic mass is 16.5. The second kappa shape index (κ2) is 10.6. The minimum Gasteiger partial charge on any atom is -0.497 e. The first-order chi connectivity index (χ1) is 18.0. The van der Waals surface area contributed by atoms with Crippen molar-refractivity contribution in [3.05, 3.63) is 77.7 Å². The van der Waals surface area contributed by atoms with E-state index in [-0.39, 0.29) is 23.5 Å². The molecule has 2 saturated heterocycles. The molecule has 194 valence electrons. The van der Waals surface area contributed by atoms with Gasteiger partial charge >= 0.3 is 0 Å². The van der Waals surface area contributed by atoms with Crippen LogP contribution in [0.25, 0.3) is 0 Å². The van der Waals surface area contributed by atoms with Gasteiger partial charge < -0.3 is 28.6 Å². The smallest absolute Gasteiger partial charge is 0.289 e. The fraction of sp³-hybridized carbons (Fsp3) is 0.379. The lowest BCUT2D eigenvalue weighted by Gasteiger charge is -2.38. The van der Waals surface area contributed by atoms with Gasteiger partial charge in [0.15, 0.2) is 5.76 Å². The van der Waals surface area contributed by atoms with Gasteiger partial charge in [0.25, 0.3) is 5.91 Å². The van der Waals surface area contributed by atoms with Crippen molar-refractivity contribution in [2.75, 3.05) is 58.4 Å². The molecule has 3 aromatic rings. The number of hydrogen-bond acceptors (Lipinski definition) is 6. The summed E-state index contributed by atoms with van der Waals surface area (Å²) in [5.74, 6) is 0.864. The SMILES string of the molecule is COc1ccc(OC)c([C@H]2CN(C(=O)c3ccco3)C[C@@H]2C(=O)N2CCN(c3ccccc3C)CC2)c1. The molecule has 0 aliphatic carbocycles. The number of para-hydroxylation sites is 1. The zero-order chi connectivity index (χ0) is 25.9. The van der Waals surface area contributed by atoms with Crippen LogP contribution < -0.4 is 14.4 Å². The Balaban J connectivity index is 1.39. The van der Waals surface area contributed by atoms with Crippen molar-refractivity contribution in [3.63, 3.8) is 0 Å². The molecule has 0 spiro atoms. The Labute approximate surface area is 217 Å². The van der Waals surface area contributed by atoms with E-state index in [1.807, 2.05) is 29.2 Å². The number of hydrogen-bond donors (Lipinski definition) is 0. The Morgan fingerprint density at radius 1 is 0.892 bits per heavy atom. The van der Waals surface area contributed by atoms with Gasteiger partial charge in [-0.15, -0.1) is 0 Å². The van der Waals surface area contributed by atoms with Gasteiger partial charge in [0.1, 0.15) is 11.5 Å². The number of carbonyl (C=O) groups excluding carboxylic acids is 2. The second-order valence-electron chi connectivity index (χ2n) is 9.61. The standard InChI is InChI=1S/C29H33N3O5/c1-20-7-4-5-8-25(20)30-12-14-31(15-13-30)28(33)24-19-32(29(34)27-9-6-16-37-27)18-23(24)22-17-21(35-2)10-11-26(22)36-3/h4-11,16-17,23-24H,12-15,18-19H2,1-3H3/t23-,24+/m1/s1. The van der Waals surface area contributed by atoms with Crippen molar-refractivity contribution in [1.82, 2.24) is 9.80 Å². The summed E-state index contributed by atoms with van der Waals surface area (Å²) < 4.78 is 16.5. The highest BCUT2D eigenvalue weighted by Gasteiger charge is 2.44. The molecular weight excluding hydrogens is 470 g/mol. The summed E-state index contributed by atoms with van der Waals surface area (Å²) in [7, 11) is 3.23. The lowest BCUT2D eigenvalue weighted by Crippen LogP contribution is -2.51. The van der Waals surface area contributed by atoms with Gasteiger partial charge in [-0.05, 0) is 48.9 Å². The highest BCUT2D eigenvalue weighted by molar-refractivity contribution is 5.93. The van der Waals surface area contributed by atoms with Crippen LogP contribution in [-0.2, 0) is 4.79 Å². The Morgan fingerprint density at radius 3 is 2.35 bits per heavy atom. The van der Waals surface area contributed by atoms with Crippen LogP contribution in [0.15, 0.2) is 65.3 Å². The van der Waals surface area contributed by atoms with Gasteiger partial charge in [-0.2, -0.15) is 0 Å². The number of ether oxygens (including phenoxy) is 2. The number of amides is 2. The van der Waals surface area contributed by atoms with Crippen molar-refractivity contribution in [3.8, 4) is 11.5 Å². The summed E-state index contributed by atoms with van der Waals surface area (Å²) in [5, 5.41) is 0. The predicted octanol–water partition coefficient (Wildman–Crippen LogP) is 3.81. The third-order valence-electron chi connectivity index (χ3n) is 7.54. The molecule has 2 fully saturated rings. The molecule has 5 rings (SSSR count). The van der Waals surface area contributed by atoms with Gasteiger partial charge in [0.2, 0.25) is 5.91 Å². The summed E-state index contributed by atoms with van der Waals surface area (Å²) in [5.41, 5.74) is 3.31. The molecule has 37 heavy (non-hydrogen) atoms. The van der Waals surface area contributed by atoms with Gasteiger partial charge in [-0.3, -0.25) is 9.59 Å². The van der Waals surface area contributed by atoms with Crippen molar-refractivity contribution in [2.45, 2.75) is 12.8 Å². The summed E-state index contributed by atoms with van der Waals surface area (Å²) in [4.78, 5) is 33.2. The molecule has 0 N–H and O–H groups in total. The van der Waals surface area contributed by atoms with Crippen LogP contribution in [0.1, 0.15) is 27.6 Å². The van der Waals surface area contributed by atoms with E-state index in [0.717, 1.165) is 18.7 Å². The minimum absolute atomic E-state index is 0.0639. The molecule has 2 atom stereocenters. The zero-order valence-electron chi connectivity index (χ0n) is 21.6. The van der Waals surface area contributed by atoms with Crippen LogP contribution in [-0.4, -0.2) is 75.1 Å². The molecule has 0 radical (unpaired) electrons. The van der Waals surface area contributed by atoms with Gasteiger partial charge in [-0.1, -0.05) is 18.2 Å². The van der Waals surface area contributed by atoms with Crippen LogP contribution in [0.3, 0.4) is 0 Å². The first kappa shape index (κ1) is 24.7. The molecule has 8 nitrogen and oxygen atoms in total. The number of likely N-dealkylation sites (tertiary alicyclic amines) is 1. The topological polar surface area (TPSA) is 75.5 Å². The number of carbonyl (C=O) groups is 2. The normalized spacial score (nSPS) is 19.7. The number of furan rings is 1. The van der Waals surface area contributed by atoms with Crippen molar-refractivity contribution in [1.29, 1.82) is 0 Å². The Morgan fingerprint density at radius 2 is 1.68 bits per heavy atom. The maximum Gasteiger partial charge on any atom is 0.289 e. The highest BCUT2D eigenvalue weighted by Crippen LogP contribution is 2.41.